The summed E-state index contributed by atoms with van der Waals surface area (Å²) in [5.74, 6) is -0.115. The summed E-state index contributed by atoms with van der Waals surface area (Å²) in [6, 6.07) is 5.06. The summed E-state index contributed by atoms with van der Waals surface area (Å²) in [6.07, 6.45) is 3.73. The van der Waals surface area contributed by atoms with Gasteiger partial charge in [-0.2, -0.15) is 0 Å². The number of carbonyl (C=O) groups is 1. The monoisotopic (exact) mass is 264 g/mol. The van der Waals surface area contributed by atoms with Crippen molar-refractivity contribution in [1.82, 2.24) is 5.32 Å². The fourth-order valence-electron chi connectivity index (χ4n) is 2.62. The van der Waals surface area contributed by atoms with Gasteiger partial charge in [-0.3, -0.25) is 4.79 Å². The maximum absolute atomic E-state index is 13.1. The van der Waals surface area contributed by atoms with Crippen LogP contribution in [-0.4, -0.2) is 11.9 Å². The third-order valence-electron chi connectivity index (χ3n) is 3.77. The van der Waals surface area contributed by atoms with Crippen LogP contribution in [-0.2, 0) is 11.3 Å². The van der Waals surface area contributed by atoms with E-state index in [9.17, 15) is 9.18 Å². The molecule has 2 atom stereocenters. The second-order valence-corrected chi connectivity index (χ2v) is 5.42. The predicted molar refractivity (Wildman–Crippen MR) is 72.9 cm³/mol. The van der Waals surface area contributed by atoms with E-state index in [0.717, 1.165) is 31.2 Å². The fraction of sp³-hybridized carbons (Fsp3) is 0.533. The van der Waals surface area contributed by atoms with Crippen LogP contribution in [0.4, 0.5) is 4.39 Å². The molecule has 0 aromatic heterocycles. The van der Waals surface area contributed by atoms with Gasteiger partial charge in [0.25, 0.3) is 0 Å². The molecule has 2 rings (SSSR count). The van der Waals surface area contributed by atoms with Gasteiger partial charge in [0.05, 0.1) is 0 Å². The minimum Gasteiger partial charge on any atom is -0.352 e. The number of rotatable bonds is 3. The molecule has 3 N–H and O–H groups in total. The van der Waals surface area contributed by atoms with E-state index in [0.29, 0.717) is 12.1 Å². The number of nitrogens with one attached hydrogen (secondary N) is 1. The minimum atomic E-state index is -0.215. The SMILES string of the molecule is Cc1cc(CNC(=O)C2CCCC(N)C2)ccc1F. The molecular weight excluding hydrogens is 243 g/mol. The van der Waals surface area contributed by atoms with Gasteiger partial charge in [-0.05, 0) is 43.4 Å². The van der Waals surface area contributed by atoms with Crippen LogP contribution in [0.5, 0.6) is 0 Å². The predicted octanol–water partition coefficient (Wildman–Crippen LogP) is 2.27. The Morgan fingerprint density at radius 3 is 2.95 bits per heavy atom. The second-order valence-electron chi connectivity index (χ2n) is 5.42. The van der Waals surface area contributed by atoms with Crippen molar-refractivity contribution in [3.63, 3.8) is 0 Å². The van der Waals surface area contributed by atoms with Crippen LogP contribution in [0.3, 0.4) is 0 Å². The number of hydrogen-bond donors (Lipinski definition) is 2. The van der Waals surface area contributed by atoms with E-state index in [1.807, 2.05) is 0 Å². The van der Waals surface area contributed by atoms with Crippen molar-refractivity contribution in [2.75, 3.05) is 0 Å². The topological polar surface area (TPSA) is 55.1 Å². The molecule has 1 aliphatic carbocycles. The average molecular weight is 264 g/mol. The number of carbonyl (C=O) groups excluding carboxylic acids is 1. The van der Waals surface area contributed by atoms with Gasteiger partial charge in [-0.15, -0.1) is 0 Å². The Morgan fingerprint density at radius 2 is 2.26 bits per heavy atom. The molecule has 0 bridgehead atoms. The summed E-state index contributed by atoms with van der Waals surface area (Å²) < 4.78 is 13.1. The summed E-state index contributed by atoms with van der Waals surface area (Å²) in [5.41, 5.74) is 7.41. The number of amides is 1. The average Bonchev–Trinajstić information content (AvgIpc) is 2.40. The van der Waals surface area contributed by atoms with Crippen LogP contribution < -0.4 is 11.1 Å². The van der Waals surface area contributed by atoms with Gasteiger partial charge in [0.2, 0.25) is 5.91 Å². The molecule has 3 nitrogen and oxygen atoms in total. The highest BCUT2D eigenvalue weighted by molar-refractivity contribution is 5.78. The largest absolute Gasteiger partial charge is 0.352 e. The molecule has 1 aromatic carbocycles. The van der Waals surface area contributed by atoms with Gasteiger partial charge < -0.3 is 11.1 Å². The standard InChI is InChI=1S/C15H21FN2O/c1-10-7-11(5-6-14(10)16)9-18-15(19)12-3-2-4-13(17)8-12/h5-7,12-13H,2-4,8-9,17H2,1H3,(H,18,19). The van der Waals surface area contributed by atoms with Gasteiger partial charge in [-0.25, -0.2) is 4.39 Å². The zero-order valence-electron chi connectivity index (χ0n) is 11.3. The number of hydrogen-bond acceptors (Lipinski definition) is 2. The van der Waals surface area contributed by atoms with E-state index in [4.69, 9.17) is 5.73 Å². The van der Waals surface area contributed by atoms with Crippen molar-refractivity contribution < 1.29 is 9.18 Å². The Morgan fingerprint density at radius 1 is 1.47 bits per heavy atom. The third kappa shape index (κ3) is 3.77. The lowest BCUT2D eigenvalue weighted by Gasteiger charge is -2.25. The van der Waals surface area contributed by atoms with E-state index in [2.05, 4.69) is 5.32 Å². The Labute approximate surface area is 113 Å². The molecule has 0 saturated heterocycles. The van der Waals surface area contributed by atoms with Crippen molar-refractivity contribution in [2.24, 2.45) is 11.7 Å². The van der Waals surface area contributed by atoms with E-state index >= 15 is 0 Å². The third-order valence-corrected chi connectivity index (χ3v) is 3.77. The zero-order chi connectivity index (χ0) is 13.8. The Bertz CT molecular complexity index is 461. The van der Waals surface area contributed by atoms with Crippen molar-refractivity contribution in [1.29, 1.82) is 0 Å². The van der Waals surface area contributed by atoms with Crippen LogP contribution >= 0.6 is 0 Å². The molecule has 0 heterocycles. The summed E-state index contributed by atoms with van der Waals surface area (Å²) in [5, 5.41) is 2.92. The normalized spacial score (nSPS) is 23.1. The quantitative estimate of drug-likeness (QED) is 0.880. The Hall–Kier alpha value is -1.42. The van der Waals surface area contributed by atoms with Crippen LogP contribution in [0.2, 0.25) is 0 Å². The van der Waals surface area contributed by atoms with Crippen molar-refractivity contribution in [3.05, 3.63) is 35.1 Å². The lowest BCUT2D eigenvalue weighted by atomic mass is 9.85. The molecule has 4 heteroatoms. The Kier molecular flexibility index (Phi) is 4.53. The van der Waals surface area contributed by atoms with Crippen LogP contribution in [0.25, 0.3) is 0 Å². The number of halogens is 1. The van der Waals surface area contributed by atoms with Gasteiger partial charge >= 0.3 is 0 Å². The van der Waals surface area contributed by atoms with Crippen molar-refractivity contribution in [3.8, 4) is 0 Å². The van der Waals surface area contributed by atoms with Crippen LogP contribution in [0.1, 0.15) is 36.8 Å². The second kappa shape index (κ2) is 6.15. The molecule has 19 heavy (non-hydrogen) atoms. The van der Waals surface area contributed by atoms with Crippen molar-refractivity contribution in [2.45, 2.75) is 45.2 Å². The summed E-state index contributed by atoms with van der Waals surface area (Å²) >= 11 is 0. The lowest BCUT2D eigenvalue weighted by molar-refractivity contribution is -0.126. The summed E-state index contributed by atoms with van der Waals surface area (Å²) in [4.78, 5) is 12.0. The first-order valence-electron chi connectivity index (χ1n) is 6.84. The molecular formula is C15H21FN2O. The molecule has 1 saturated carbocycles. The van der Waals surface area contributed by atoms with Crippen LogP contribution in [0.15, 0.2) is 18.2 Å². The lowest BCUT2D eigenvalue weighted by Crippen LogP contribution is -2.37. The molecule has 1 aromatic rings. The molecule has 1 amide bonds. The molecule has 104 valence electrons. The van der Waals surface area contributed by atoms with Crippen molar-refractivity contribution >= 4 is 5.91 Å². The highest BCUT2D eigenvalue weighted by atomic mass is 19.1. The molecule has 2 unspecified atom stereocenters. The fourth-order valence-corrected chi connectivity index (χ4v) is 2.62. The molecule has 1 aliphatic rings. The Balaban J connectivity index is 1.87. The summed E-state index contributed by atoms with van der Waals surface area (Å²) in [7, 11) is 0. The summed E-state index contributed by atoms with van der Waals surface area (Å²) in [6.45, 7) is 2.17. The minimum absolute atomic E-state index is 0.0327. The highest BCUT2D eigenvalue weighted by Gasteiger charge is 2.24. The first kappa shape index (κ1) is 14.0. The smallest absolute Gasteiger partial charge is 0.223 e. The molecule has 0 radical (unpaired) electrons. The molecule has 0 spiro atoms. The van der Waals surface area contributed by atoms with Gasteiger partial charge in [-0.1, -0.05) is 18.6 Å². The number of nitrogens with two attached hydrogens (primary N) is 1. The zero-order valence-corrected chi connectivity index (χ0v) is 11.3. The van der Waals surface area contributed by atoms with Gasteiger partial charge in [0.1, 0.15) is 5.82 Å². The number of benzene rings is 1. The number of aryl methyl sites for hydroxylation is 1. The van der Waals surface area contributed by atoms with E-state index < -0.39 is 0 Å². The van der Waals surface area contributed by atoms with Gasteiger partial charge in [0, 0.05) is 18.5 Å². The first-order chi connectivity index (χ1) is 9.06. The first-order valence-corrected chi connectivity index (χ1v) is 6.84. The van der Waals surface area contributed by atoms with E-state index in [1.54, 1.807) is 19.1 Å². The molecule has 0 aliphatic heterocycles. The van der Waals surface area contributed by atoms with E-state index in [1.165, 1.54) is 6.07 Å². The van der Waals surface area contributed by atoms with Crippen LogP contribution in [0, 0.1) is 18.7 Å². The van der Waals surface area contributed by atoms with E-state index in [-0.39, 0.29) is 23.7 Å². The molecule has 1 fully saturated rings. The maximum atomic E-state index is 13.1. The highest BCUT2D eigenvalue weighted by Crippen LogP contribution is 2.23. The maximum Gasteiger partial charge on any atom is 0.223 e. The van der Waals surface area contributed by atoms with Gasteiger partial charge in [0.15, 0.2) is 0 Å².